The van der Waals surface area contributed by atoms with E-state index >= 15 is 0 Å². The van der Waals surface area contributed by atoms with Crippen LogP contribution < -0.4 is 0 Å². The number of rotatable bonds is 7. The Labute approximate surface area is 240 Å². The third-order valence-electron chi connectivity index (χ3n) is 7.87. The molecule has 6 rings (SSSR count). The van der Waals surface area contributed by atoms with Gasteiger partial charge in [0.2, 0.25) is 0 Å². The lowest BCUT2D eigenvalue weighted by molar-refractivity contribution is -0.115. The van der Waals surface area contributed by atoms with E-state index in [2.05, 4.69) is 46.4 Å². The monoisotopic (exact) mass is 580 g/mol. The minimum absolute atomic E-state index is 0.00747. The van der Waals surface area contributed by atoms with Gasteiger partial charge in [0.15, 0.2) is 18.9 Å². The molecule has 0 radical (unpaired) electrons. The summed E-state index contributed by atoms with van der Waals surface area (Å²) in [5.41, 5.74) is 4.73. The van der Waals surface area contributed by atoms with Crippen LogP contribution in [-0.4, -0.2) is 20.2 Å². The molecule has 2 aliphatic carbocycles. The first kappa shape index (κ1) is 26.5. The van der Waals surface area contributed by atoms with Crippen molar-refractivity contribution in [1.29, 1.82) is 0 Å². The molecule has 0 saturated heterocycles. The minimum Gasteiger partial charge on any atom is -0.287 e. The lowest BCUT2D eigenvalue weighted by atomic mass is 9.84. The fourth-order valence-electron chi connectivity index (χ4n) is 5.81. The van der Waals surface area contributed by atoms with Gasteiger partial charge in [-0.2, -0.15) is 0 Å². The van der Waals surface area contributed by atoms with Crippen LogP contribution in [0.2, 0.25) is 0 Å². The van der Waals surface area contributed by atoms with Crippen LogP contribution in [-0.2, 0) is 9.59 Å². The van der Waals surface area contributed by atoms with E-state index < -0.39 is 0 Å². The molecule has 2 fully saturated rings. The lowest BCUT2D eigenvalue weighted by Gasteiger charge is -2.21. The number of aromatic nitrogens is 2. The SMILES string of the molecule is O=C(CCC(=O)Sc1nc2ccc(C3CCCCC3)cc2s1)Sc1nc2ccc(C3CCCCC3)cc2s1. The van der Waals surface area contributed by atoms with E-state index in [9.17, 15) is 9.59 Å². The molecule has 2 heterocycles. The molecule has 4 nitrogen and oxygen atoms in total. The van der Waals surface area contributed by atoms with Gasteiger partial charge < -0.3 is 0 Å². The third-order valence-corrected chi connectivity index (χ3v) is 11.9. The second-order valence-corrected chi connectivity index (χ2v) is 15.2. The summed E-state index contributed by atoms with van der Waals surface area (Å²) < 4.78 is 3.84. The van der Waals surface area contributed by atoms with Crippen molar-refractivity contribution in [3.63, 3.8) is 0 Å². The molecule has 2 aromatic heterocycles. The van der Waals surface area contributed by atoms with E-state index in [0.29, 0.717) is 11.8 Å². The summed E-state index contributed by atoms with van der Waals surface area (Å²) in [4.78, 5) is 34.6. The number of nitrogens with zero attached hydrogens (tertiary/aromatic N) is 2. The van der Waals surface area contributed by atoms with E-state index in [1.54, 1.807) is 22.7 Å². The Bertz CT molecular complexity index is 1340. The topological polar surface area (TPSA) is 59.9 Å². The van der Waals surface area contributed by atoms with Gasteiger partial charge >= 0.3 is 0 Å². The molecule has 0 unspecified atom stereocenters. The lowest BCUT2D eigenvalue weighted by Crippen LogP contribution is -2.03. The summed E-state index contributed by atoms with van der Waals surface area (Å²) in [5.74, 6) is 1.32. The molecule has 0 aliphatic heterocycles. The highest BCUT2D eigenvalue weighted by atomic mass is 32.2. The predicted octanol–water partition coefficient (Wildman–Crippen LogP) is 9.72. The quantitative estimate of drug-likeness (QED) is 0.203. The average Bonchev–Trinajstić information content (AvgIpc) is 3.54. The molecule has 0 N–H and O–H groups in total. The number of carbonyl (C=O) groups excluding carboxylic acids is 2. The molecule has 38 heavy (non-hydrogen) atoms. The van der Waals surface area contributed by atoms with Gasteiger partial charge in [-0.1, -0.05) is 50.7 Å². The molecule has 0 spiro atoms. The molecule has 198 valence electrons. The molecule has 4 aromatic rings. The second-order valence-electron chi connectivity index (χ2n) is 10.5. The number of fused-ring (bicyclic) bond motifs is 2. The van der Waals surface area contributed by atoms with Crippen molar-refractivity contribution in [2.24, 2.45) is 0 Å². The summed E-state index contributed by atoms with van der Waals surface area (Å²) in [6.07, 6.45) is 13.5. The Morgan fingerprint density at radius 3 is 1.50 bits per heavy atom. The fourth-order valence-corrected chi connectivity index (χ4v) is 9.81. The first-order valence-electron chi connectivity index (χ1n) is 13.8. The van der Waals surface area contributed by atoms with E-state index in [1.807, 2.05) is 0 Å². The Morgan fingerprint density at radius 2 is 1.08 bits per heavy atom. The van der Waals surface area contributed by atoms with Crippen molar-refractivity contribution in [2.45, 2.75) is 97.6 Å². The zero-order valence-corrected chi connectivity index (χ0v) is 24.7. The van der Waals surface area contributed by atoms with Crippen LogP contribution in [0.4, 0.5) is 0 Å². The number of hydrogen-bond acceptors (Lipinski definition) is 8. The zero-order valence-electron chi connectivity index (χ0n) is 21.4. The highest BCUT2D eigenvalue weighted by Gasteiger charge is 2.19. The van der Waals surface area contributed by atoms with E-state index in [1.165, 1.54) is 98.9 Å². The first-order chi connectivity index (χ1) is 18.6. The van der Waals surface area contributed by atoms with Crippen molar-refractivity contribution in [2.75, 3.05) is 0 Å². The summed E-state index contributed by atoms with van der Waals surface area (Å²) in [5, 5.41) is -0.0149. The summed E-state index contributed by atoms with van der Waals surface area (Å²) in [6, 6.07) is 13.2. The molecule has 0 atom stereocenters. The predicted molar refractivity (Wildman–Crippen MR) is 162 cm³/mol. The van der Waals surface area contributed by atoms with Gasteiger partial charge in [-0.15, -0.1) is 22.7 Å². The average molecular weight is 581 g/mol. The maximum absolute atomic E-state index is 12.6. The number of hydrogen-bond donors (Lipinski definition) is 0. The summed E-state index contributed by atoms with van der Waals surface area (Å²) in [7, 11) is 0. The van der Waals surface area contributed by atoms with E-state index in [4.69, 9.17) is 0 Å². The van der Waals surface area contributed by atoms with Gasteiger partial charge in [-0.25, -0.2) is 9.97 Å². The number of benzene rings is 2. The molecule has 0 bridgehead atoms. The minimum atomic E-state index is -0.00747. The molecule has 2 aromatic carbocycles. The molecular formula is C30H32N2O2S4. The van der Waals surface area contributed by atoms with Crippen molar-refractivity contribution in [3.05, 3.63) is 47.5 Å². The van der Waals surface area contributed by atoms with Gasteiger partial charge in [0.1, 0.15) is 0 Å². The Balaban J connectivity index is 1.02. The second kappa shape index (κ2) is 12.2. The third kappa shape index (κ3) is 6.35. The van der Waals surface area contributed by atoms with Crippen LogP contribution in [0.5, 0.6) is 0 Å². The maximum atomic E-state index is 12.6. The van der Waals surface area contributed by atoms with E-state index in [-0.39, 0.29) is 23.1 Å². The van der Waals surface area contributed by atoms with Crippen molar-refractivity contribution >= 4 is 76.9 Å². The standard InChI is InChI=1S/C30H32N2O2S4/c33-27(37-29-31-23-13-11-21(17-25(23)35-29)19-7-3-1-4-8-19)15-16-28(34)38-30-32-24-14-12-22(18-26(24)36-30)20-9-5-2-6-10-20/h11-14,17-20H,1-10,15-16H2. The van der Waals surface area contributed by atoms with Crippen molar-refractivity contribution < 1.29 is 9.59 Å². The Kier molecular flexibility index (Phi) is 8.50. The maximum Gasteiger partial charge on any atom is 0.196 e. The molecule has 0 amide bonds. The largest absolute Gasteiger partial charge is 0.287 e. The van der Waals surface area contributed by atoms with E-state index in [0.717, 1.165) is 29.1 Å². The van der Waals surface area contributed by atoms with Gasteiger partial charge in [-0.3, -0.25) is 9.59 Å². The molecule has 8 heteroatoms. The van der Waals surface area contributed by atoms with Gasteiger partial charge in [0.05, 0.1) is 20.4 Å². The molecule has 2 saturated carbocycles. The van der Waals surface area contributed by atoms with Crippen molar-refractivity contribution in [1.82, 2.24) is 9.97 Å². The zero-order chi connectivity index (χ0) is 25.9. The van der Waals surface area contributed by atoms with Crippen molar-refractivity contribution in [3.8, 4) is 0 Å². The Morgan fingerprint density at radius 1 is 0.658 bits per heavy atom. The molecular weight excluding hydrogens is 549 g/mol. The van der Waals surface area contributed by atoms with Crippen LogP contribution in [0.15, 0.2) is 45.1 Å². The summed E-state index contributed by atoms with van der Waals surface area (Å²) in [6.45, 7) is 0. The normalized spacial score (nSPS) is 17.4. The first-order valence-corrected chi connectivity index (χ1v) is 17.1. The molecule has 2 aliphatic rings. The fraction of sp³-hybridized carbons (Fsp3) is 0.467. The van der Waals surface area contributed by atoms with Gasteiger partial charge in [0, 0.05) is 12.8 Å². The number of thiazole rings is 2. The Hall–Kier alpha value is -1.74. The van der Waals surface area contributed by atoms with Crippen LogP contribution in [0.25, 0.3) is 20.4 Å². The smallest absolute Gasteiger partial charge is 0.196 e. The van der Waals surface area contributed by atoms with Crippen LogP contribution in [0, 0.1) is 0 Å². The van der Waals surface area contributed by atoms with Crippen LogP contribution in [0.3, 0.4) is 0 Å². The van der Waals surface area contributed by atoms with Crippen LogP contribution >= 0.6 is 46.2 Å². The summed E-state index contributed by atoms with van der Waals surface area (Å²) >= 11 is 5.52. The number of carbonyl (C=O) groups is 2. The highest BCUT2D eigenvalue weighted by Crippen LogP contribution is 2.39. The van der Waals surface area contributed by atoms with Crippen LogP contribution in [0.1, 0.15) is 100 Å². The number of thioether (sulfide) groups is 2. The van der Waals surface area contributed by atoms with Gasteiger partial charge in [-0.05, 0) is 96.4 Å². The van der Waals surface area contributed by atoms with Gasteiger partial charge in [0.25, 0.3) is 0 Å². The highest BCUT2D eigenvalue weighted by molar-refractivity contribution is 8.15.